The van der Waals surface area contributed by atoms with E-state index in [2.05, 4.69) is 19.2 Å². The summed E-state index contributed by atoms with van der Waals surface area (Å²) in [4.78, 5) is 0. The Labute approximate surface area is 119 Å². The molecule has 19 heavy (non-hydrogen) atoms. The third kappa shape index (κ3) is 4.46. The molecule has 2 nitrogen and oxygen atoms in total. The number of hydrogen-bond donors (Lipinski definition) is 1. The van der Waals surface area contributed by atoms with Crippen molar-refractivity contribution in [3.8, 4) is 0 Å². The highest BCUT2D eigenvalue weighted by Gasteiger charge is 2.32. The smallest absolute Gasteiger partial charge is 0.0469 e. The Kier molecular flexibility index (Phi) is 6.66. The average molecular weight is 267 g/mol. The second-order valence-electron chi connectivity index (χ2n) is 6.62. The van der Waals surface area contributed by atoms with Crippen LogP contribution in [0.3, 0.4) is 0 Å². The maximum absolute atomic E-state index is 5.55. The van der Waals surface area contributed by atoms with Crippen LogP contribution >= 0.6 is 0 Å². The third-order valence-corrected chi connectivity index (χ3v) is 5.38. The van der Waals surface area contributed by atoms with Crippen molar-refractivity contribution >= 4 is 0 Å². The molecule has 0 aromatic heterocycles. The van der Waals surface area contributed by atoms with Gasteiger partial charge in [-0.1, -0.05) is 33.1 Å². The van der Waals surface area contributed by atoms with Gasteiger partial charge in [-0.3, -0.25) is 0 Å². The molecule has 1 heterocycles. The summed E-state index contributed by atoms with van der Waals surface area (Å²) in [6.07, 6.45) is 11.0. The number of ether oxygens (including phenoxy) is 1. The normalized spacial score (nSPS) is 31.3. The van der Waals surface area contributed by atoms with Crippen molar-refractivity contribution in [2.45, 2.75) is 71.3 Å². The van der Waals surface area contributed by atoms with Gasteiger partial charge >= 0.3 is 0 Å². The molecule has 1 atom stereocenters. The van der Waals surface area contributed by atoms with Crippen molar-refractivity contribution < 1.29 is 4.74 Å². The second-order valence-corrected chi connectivity index (χ2v) is 6.62. The number of rotatable bonds is 6. The van der Waals surface area contributed by atoms with Crippen molar-refractivity contribution in [1.82, 2.24) is 5.32 Å². The lowest BCUT2D eigenvalue weighted by Crippen LogP contribution is -2.45. The Balaban J connectivity index is 1.88. The van der Waals surface area contributed by atoms with Gasteiger partial charge in [-0.2, -0.15) is 0 Å². The van der Waals surface area contributed by atoms with Crippen LogP contribution in [0.25, 0.3) is 0 Å². The predicted octanol–water partition coefficient (Wildman–Crippen LogP) is 4.00. The van der Waals surface area contributed by atoms with Crippen LogP contribution in [0.2, 0.25) is 0 Å². The van der Waals surface area contributed by atoms with Crippen molar-refractivity contribution in [1.29, 1.82) is 0 Å². The Morgan fingerprint density at radius 1 is 0.947 bits per heavy atom. The maximum atomic E-state index is 5.55. The lowest BCUT2D eigenvalue weighted by molar-refractivity contribution is 0.0383. The molecule has 2 rings (SSSR count). The Hall–Kier alpha value is -0.0800. The van der Waals surface area contributed by atoms with Crippen LogP contribution < -0.4 is 5.32 Å². The minimum Gasteiger partial charge on any atom is -0.381 e. The number of nitrogens with one attached hydrogen (secondary N) is 1. The highest BCUT2D eigenvalue weighted by Crippen LogP contribution is 2.36. The van der Waals surface area contributed by atoms with Gasteiger partial charge in [-0.15, -0.1) is 0 Å². The summed E-state index contributed by atoms with van der Waals surface area (Å²) in [6, 6.07) is 0.765. The van der Waals surface area contributed by atoms with E-state index in [1.54, 1.807) is 0 Å². The molecule has 0 bridgehead atoms. The van der Waals surface area contributed by atoms with E-state index in [0.717, 1.165) is 37.0 Å². The molecule has 0 aromatic carbocycles. The van der Waals surface area contributed by atoms with Crippen LogP contribution in [0.15, 0.2) is 0 Å². The zero-order valence-corrected chi connectivity index (χ0v) is 13.0. The summed E-state index contributed by atoms with van der Waals surface area (Å²) in [5, 5.41) is 3.89. The van der Waals surface area contributed by atoms with Gasteiger partial charge in [0.25, 0.3) is 0 Å². The summed E-state index contributed by atoms with van der Waals surface area (Å²) in [5.74, 6) is 2.80. The van der Waals surface area contributed by atoms with Crippen molar-refractivity contribution in [2.75, 3.05) is 19.8 Å². The van der Waals surface area contributed by atoms with Gasteiger partial charge in [0, 0.05) is 19.3 Å². The maximum Gasteiger partial charge on any atom is 0.0469 e. The fourth-order valence-corrected chi connectivity index (χ4v) is 4.06. The molecule has 0 spiro atoms. The molecular weight excluding hydrogens is 234 g/mol. The summed E-state index contributed by atoms with van der Waals surface area (Å²) in [5.41, 5.74) is 0. The molecule has 2 fully saturated rings. The van der Waals surface area contributed by atoms with E-state index in [0.29, 0.717) is 0 Å². The number of hydrogen-bond acceptors (Lipinski definition) is 2. The first-order chi connectivity index (χ1) is 9.35. The molecular formula is C17H33NO. The highest BCUT2D eigenvalue weighted by molar-refractivity contribution is 4.87. The molecule has 0 radical (unpaired) electrons. The second kappa shape index (κ2) is 8.26. The van der Waals surface area contributed by atoms with Crippen LogP contribution in [0.4, 0.5) is 0 Å². The fraction of sp³-hybridized carbons (Fsp3) is 1.00. The molecule has 1 saturated carbocycles. The molecule has 2 heteroatoms. The quantitative estimate of drug-likeness (QED) is 0.785. The van der Waals surface area contributed by atoms with Crippen LogP contribution in [0.5, 0.6) is 0 Å². The van der Waals surface area contributed by atoms with Crippen LogP contribution in [-0.4, -0.2) is 25.8 Å². The zero-order valence-electron chi connectivity index (χ0n) is 13.0. The first-order valence-corrected chi connectivity index (χ1v) is 8.66. The Morgan fingerprint density at radius 2 is 1.58 bits per heavy atom. The van der Waals surface area contributed by atoms with E-state index in [4.69, 9.17) is 4.74 Å². The van der Waals surface area contributed by atoms with E-state index >= 15 is 0 Å². The minimum atomic E-state index is 0.765. The molecule has 112 valence electrons. The minimum absolute atomic E-state index is 0.765. The van der Waals surface area contributed by atoms with E-state index in [1.165, 1.54) is 57.9 Å². The van der Waals surface area contributed by atoms with Gasteiger partial charge in [0.2, 0.25) is 0 Å². The fourth-order valence-electron chi connectivity index (χ4n) is 4.06. The molecule has 1 aliphatic carbocycles. The predicted molar refractivity (Wildman–Crippen MR) is 81.4 cm³/mol. The van der Waals surface area contributed by atoms with Gasteiger partial charge in [0.05, 0.1) is 0 Å². The van der Waals surface area contributed by atoms with Crippen molar-refractivity contribution in [3.05, 3.63) is 0 Å². The van der Waals surface area contributed by atoms with Gasteiger partial charge in [-0.05, 0) is 56.4 Å². The molecule has 0 amide bonds. The third-order valence-electron chi connectivity index (χ3n) is 5.38. The lowest BCUT2D eigenvalue weighted by Gasteiger charge is -2.40. The highest BCUT2D eigenvalue weighted by atomic mass is 16.5. The first-order valence-electron chi connectivity index (χ1n) is 8.66. The molecule has 1 aliphatic heterocycles. The van der Waals surface area contributed by atoms with Crippen LogP contribution in [-0.2, 0) is 4.74 Å². The molecule has 0 aromatic rings. The topological polar surface area (TPSA) is 21.3 Å². The van der Waals surface area contributed by atoms with E-state index in [1.807, 2.05) is 0 Å². The summed E-state index contributed by atoms with van der Waals surface area (Å²) in [6.45, 7) is 7.80. The van der Waals surface area contributed by atoms with Gasteiger partial charge in [-0.25, -0.2) is 0 Å². The summed E-state index contributed by atoms with van der Waals surface area (Å²) < 4.78 is 5.55. The lowest BCUT2D eigenvalue weighted by atomic mass is 9.73. The van der Waals surface area contributed by atoms with Crippen LogP contribution in [0, 0.1) is 17.8 Å². The average Bonchev–Trinajstić information content (AvgIpc) is 2.49. The van der Waals surface area contributed by atoms with Crippen molar-refractivity contribution in [3.63, 3.8) is 0 Å². The van der Waals surface area contributed by atoms with Crippen molar-refractivity contribution in [2.24, 2.45) is 17.8 Å². The largest absolute Gasteiger partial charge is 0.381 e. The molecule has 1 N–H and O–H groups in total. The van der Waals surface area contributed by atoms with E-state index < -0.39 is 0 Å². The zero-order chi connectivity index (χ0) is 13.5. The first kappa shape index (κ1) is 15.3. The van der Waals surface area contributed by atoms with Gasteiger partial charge in [0.1, 0.15) is 0 Å². The van der Waals surface area contributed by atoms with Crippen LogP contribution in [0.1, 0.15) is 65.2 Å². The van der Waals surface area contributed by atoms with Gasteiger partial charge < -0.3 is 10.1 Å². The summed E-state index contributed by atoms with van der Waals surface area (Å²) in [7, 11) is 0. The van der Waals surface area contributed by atoms with E-state index in [9.17, 15) is 0 Å². The Morgan fingerprint density at radius 3 is 2.16 bits per heavy atom. The molecule has 2 aliphatic rings. The van der Waals surface area contributed by atoms with E-state index in [-0.39, 0.29) is 0 Å². The summed E-state index contributed by atoms with van der Waals surface area (Å²) >= 11 is 0. The Bertz CT molecular complexity index is 229. The molecule has 1 unspecified atom stereocenters. The molecule has 1 saturated heterocycles. The standard InChI is InChI=1S/C17H33NO/c1-3-11-18-17(16-9-12-19-13-10-16)15-7-5-14(4-2)6-8-15/h14-18H,3-13H2,1-2H3. The SMILES string of the molecule is CCCNC(C1CCOCC1)C1CCC(CC)CC1. The monoisotopic (exact) mass is 267 g/mol. The van der Waals surface area contributed by atoms with Gasteiger partial charge in [0.15, 0.2) is 0 Å².